The van der Waals surface area contributed by atoms with Crippen LogP contribution in [-0.4, -0.2) is 37.7 Å². The number of nitrogens with one attached hydrogen (secondary N) is 2. The molecule has 0 bridgehead atoms. The van der Waals surface area contributed by atoms with Crippen LogP contribution in [0.1, 0.15) is 12.5 Å². The maximum atomic E-state index is 13.5. The average molecular weight is 284 g/mol. The van der Waals surface area contributed by atoms with Gasteiger partial charge in [-0.15, -0.1) is 0 Å². The van der Waals surface area contributed by atoms with E-state index in [1.54, 1.807) is 6.92 Å². The van der Waals surface area contributed by atoms with Gasteiger partial charge in [-0.2, -0.15) is 0 Å². The molecule has 2 atom stereocenters. The average Bonchev–Trinajstić information content (AvgIpc) is 2.44. The molecule has 1 aromatic rings. The van der Waals surface area contributed by atoms with E-state index < -0.39 is 17.7 Å². The fourth-order valence-electron chi connectivity index (χ4n) is 2.15. The van der Waals surface area contributed by atoms with Crippen LogP contribution in [0.2, 0.25) is 0 Å². The Morgan fingerprint density at radius 3 is 2.80 bits per heavy atom. The van der Waals surface area contributed by atoms with Gasteiger partial charge in [0, 0.05) is 24.7 Å². The molecule has 2 N–H and O–H groups in total. The second kappa shape index (κ2) is 6.76. The van der Waals surface area contributed by atoms with E-state index in [1.165, 1.54) is 18.2 Å². The number of hydrogen-bond acceptors (Lipinski definition) is 3. The summed E-state index contributed by atoms with van der Waals surface area (Å²) in [7, 11) is 0. The molecule has 0 spiro atoms. The largest absolute Gasteiger partial charge is 0.366 e. The summed E-state index contributed by atoms with van der Waals surface area (Å²) >= 11 is 0. The zero-order chi connectivity index (χ0) is 14.5. The highest BCUT2D eigenvalue weighted by molar-refractivity contribution is 5.81. The number of amides is 1. The number of carbonyl (C=O) groups excluding carboxylic acids is 1. The summed E-state index contributed by atoms with van der Waals surface area (Å²) in [5.41, 5.74) is -0.0111. The molecule has 2 unspecified atom stereocenters. The maximum Gasteiger partial charge on any atom is 0.250 e. The third-order valence-electron chi connectivity index (χ3n) is 3.18. The van der Waals surface area contributed by atoms with Crippen LogP contribution in [0, 0.1) is 11.6 Å². The number of carbonyl (C=O) groups is 1. The van der Waals surface area contributed by atoms with E-state index in [0.717, 1.165) is 6.54 Å². The molecule has 20 heavy (non-hydrogen) atoms. The lowest BCUT2D eigenvalue weighted by atomic mass is 10.1. The topological polar surface area (TPSA) is 50.4 Å². The van der Waals surface area contributed by atoms with Crippen molar-refractivity contribution in [1.82, 2.24) is 10.6 Å². The SMILES string of the molecule is CC(Cc1c(F)cccc1F)NC(=O)C1CNCCO1. The summed E-state index contributed by atoms with van der Waals surface area (Å²) in [6.07, 6.45) is -0.443. The molecule has 4 nitrogen and oxygen atoms in total. The standard InChI is InChI=1S/C14H18F2N2O2/c1-9(7-10-11(15)3-2-4-12(10)16)18-14(19)13-8-17-5-6-20-13/h2-4,9,13,17H,5-8H2,1H3,(H,18,19). The lowest BCUT2D eigenvalue weighted by molar-refractivity contribution is -0.134. The summed E-state index contributed by atoms with van der Waals surface area (Å²) in [5, 5.41) is 5.77. The van der Waals surface area contributed by atoms with E-state index in [0.29, 0.717) is 13.2 Å². The molecule has 1 saturated heterocycles. The summed E-state index contributed by atoms with van der Waals surface area (Å²) in [6.45, 7) is 3.36. The quantitative estimate of drug-likeness (QED) is 0.867. The van der Waals surface area contributed by atoms with E-state index >= 15 is 0 Å². The minimum absolute atomic E-state index is 0.0111. The monoisotopic (exact) mass is 284 g/mol. The zero-order valence-corrected chi connectivity index (χ0v) is 11.3. The van der Waals surface area contributed by atoms with Crippen molar-refractivity contribution in [3.63, 3.8) is 0 Å². The van der Waals surface area contributed by atoms with Gasteiger partial charge in [-0.05, 0) is 25.5 Å². The highest BCUT2D eigenvalue weighted by Crippen LogP contribution is 2.14. The van der Waals surface area contributed by atoms with Gasteiger partial charge in [0.15, 0.2) is 0 Å². The fraction of sp³-hybridized carbons (Fsp3) is 0.500. The molecule has 2 rings (SSSR count). The van der Waals surface area contributed by atoms with Crippen molar-refractivity contribution in [3.8, 4) is 0 Å². The van der Waals surface area contributed by atoms with E-state index in [9.17, 15) is 13.6 Å². The summed E-state index contributed by atoms with van der Waals surface area (Å²) < 4.78 is 32.3. The minimum Gasteiger partial charge on any atom is -0.366 e. The fourth-order valence-corrected chi connectivity index (χ4v) is 2.15. The van der Waals surface area contributed by atoms with Gasteiger partial charge in [0.1, 0.15) is 17.7 Å². The van der Waals surface area contributed by atoms with Crippen LogP contribution in [0.5, 0.6) is 0 Å². The molecular formula is C14H18F2N2O2. The molecule has 0 aromatic heterocycles. The normalized spacial score (nSPS) is 20.4. The highest BCUT2D eigenvalue weighted by Gasteiger charge is 2.23. The van der Waals surface area contributed by atoms with Crippen LogP contribution in [0.25, 0.3) is 0 Å². The third kappa shape index (κ3) is 3.74. The van der Waals surface area contributed by atoms with Crippen molar-refractivity contribution < 1.29 is 18.3 Å². The first-order valence-electron chi connectivity index (χ1n) is 6.63. The van der Waals surface area contributed by atoms with Gasteiger partial charge < -0.3 is 15.4 Å². The molecule has 1 heterocycles. The molecule has 0 saturated carbocycles. The second-order valence-corrected chi connectivity index (χ2v) is 4.88. The molecular weight excluding hydrogens is 266 g/mol. The van der Waals surface area contributed by atoms with Crippen molar-refractivity contribution in [1.29, 1.82) is 0 Å². The molecule has 1 aliphatic rings. The molecule has 1 fully saturated rings. The molecule has 1 aromatic carbocycles. The molecule has 1 aliphatic heterocycles. The van der Waals surface area contributed by atoms with E-state index in [2.05, 4.69) is 10.6 Å². The van der Waals surface area contributed by atoms with Crippen LogP contribution in [0.4, 0.5) is 8.78 Å². The van der Waals surface area contributed by atoms with E-state index in [1.807, 2.05) is 0 Å². The molecule has 0 radical (unpaired) electrons. The number of morpholine rings is 1. The first-order valence-corrected chi connectivity index (χ1v) is 6.63. The predicted octanol–water partition coefficient (Wildman–Crippen LogP) is 1.00. The lowest BCUT2D eigenvalue weighted by Crippen LogP contribution is -2.50. The maximum absolute atomic E-state index is 13.5. The van der Waals surface area contributed by atoms with E-state index in [-0.39, 0.29) is 23.9 Å². The minimum atomic E-state index is -0.596. The summed E-state index contributed by atoms with van der Waals surface area (Å²) in [6, 6.07) is 3.36. The second-order valence-electron chi connectivity index (χ2n) is 4.88. The Kier molecular flexibility index (Phi) is 5.03. The Bertz CT molecular complexity index is 456. The van der Waals surface area contributed by atoms with Gasteiger partial charge >= 0.3 is 0 Å². The van der Waals surface area contributed by atoms with Gasteiger partial charge in [-0.3, -0.25) is 4.79 Å². The van der Waals surface area contributed by atoms with Crippen LogP contribution < -0.4 is 10.6 Å². The third-order valence-corrected chi connectivity index (χ3v) is 3.18. The van der Waals surface area contributed by atoms with Gasteiger partial charge in [0.05, 0.1) is 6.61 Å². The number of benzene rings is 1. The Hall–Kier alpha value is -1.53. The van der Waals surface area contributed by atoms with Gasteiger partial charge in [-0.1, -0.05) is 6.07 Å². The first kappa shape index (κ1) is 14.9. The van der Waals surface area contributed by atoms with Gasteiger partial charge in [0.25, 0.3) is 5.91 Å². The van der Waals surface area contributed by atoms with Crippen LogP contribution >= 0.6 is 0 Å². The van der Waals surface area contributed by atoms with Crippen LogP contribution in [0.3, 0.4) is 0 Å². The summed E-state index contributed by atoms with van der Waals surface area (Å²) in [4.78, 5) is 11.9. The van der Waals surface area contributed by atoms with Crippen LogP contribution in [0.15, 0.2) is 18.2 Å². The Labute approximate surface area is 116 Å². The smallest absolute Gasteiger partial charge is 0.250 e. The van der Waals surface area contributed by atoms with Crippen molar-refractivity contribution >= 4 is 5.91 Å². The lowest BCUT2D eigenvalue weighted by Gasteiger charge is -2.24. The van der Waals surface area contributed by atoms with Crippen molar-refractivity contribution in [2.75, 3.05) is 19.7 Å². The number of rotatable bonds is 4. The van der Waals surface area contributed by atoms with Crippen molar-refractivity contribution in [3.05, 3.63) is 35.4 Å². The molecule has 110 valence electrons. The molecule has 1 amide bonds. The van der Waals surface area contributed by atoms with E-state index in [4.69, 9.17) is 4.74 Å². The summed E-state index contributed by atoms with van der Waals surface area (Å²) in [5.74, 6) is -1.45. The number of halogens is 2. The first-order chi connectivity index (χ1) is 9.58. The van der Waals surface area contributed by atoms with Crippen LogP contribution in [-0.2, 0) is 16.0 Å². The Balaban J connectivity index is 1.91. The highest BCUT2D eigenvalue weighted by atomic mass is 19.1. The van der Waals surface area contributed by atoms with Crippen molar-refractivity contribution in [2.24, 2.45) is 0 Å². The van der Waals surface area contributed by atoms with Gasteiger partial charge in [0.2, 0.25) is 0 Å². The van der Waals surface area contributed by atoms with Gasteiger partial charge in [-0.25, -0.2) is 8.78 Å². The zero-order valence-electron chi connectivity index (χ0n) is 11.3. The Morgan fingerprint density at radius 1 is 1.50 bits per heavy atom. The number of hydrogen-bond donors (Lipinski definition) is 2. The number of ether oxygens (including phenoxy) is 1. The molecule has 0 aliphatic carbocycles. The molecule has 6 heteroatoms. The predicted molar refractivity (Wildman–Crippen MR) is 70.3 cm³/mol. The van der Waals surface area contributed by atoms with Crippen molar-refractivity contribution in [2.45, 2.75) is 25.5 Å². The Morgan fingerprint density at radius 2 is 2.20 bits per heavy atom.